The quantitative estimate of drug-likeness (QED) is 0.188. The van der Waals surface area contributed by atoms with E-state index < -0.39 is 0 Å². The van der Waals surface area contributed by atoms with Gasteiger partial charge in [-0.3, -0.25) is 0 Å². The van der Waals surface area contributed by atoms with Crippen LogP contribution >= 0.6 is 0 Å². The van der Waals surface area contributed by atoms with Gasteiger partial charge in [-0.15, -0.1) is 0 Å². The van der Waals surface area contributed by atoms with Crippen LogP contribution < -0.4 is 4.90 Å². The highest BCUT2D eigenvalue weighted by molar-refractivity contribution is 6.02. The zero-order valence-electron chi connectivity index (χ0n) is 27.8. The Bertz CT molecular complexity index is 2430. The lowest BCUT2D eigenvalue weighted by molar-refractivity contribution is 0.719. The highest BCUT2D eigenvalue weighted by Gasteiger charge is 2.41. The maximum atomic E-state index is 2.61. The predicted molar refractivity (Wildman–Crippen MR) is 208 cm³/mol. The largest absolute Gasteiger partial charge is 0.333 e. The first kappa shape index (κ1) is 28.4. The topological polar surface area (TPSA) is 8.17 Å². The number of rotatable bonds is 4. The number of aromatic nitrogens is 1. The van der Waals surface area contributed by atoms with Crippen molar-refractivity contribution in [1.29, 1.82) is 0 Å². The molecule has 3 aliphatic carbocycles. The second kappa shape index (κ2) is 11.2. The normalized spacial score (nSPS) is 20.5. The Morgan fingerprint density at radius 1 is 0.673 bits per heavy atom. The molecule has 1 aromatic heterocycles. The van der Waals surface area contributed by atoms with Crippen molar-refractivity contribution in [3.05, 3.63) is 174 Å². The van der Waals surface area contributed by atoms with E-state index in [1.807, 2.05) is 0 Å². The number of fused-ring (bicyclic) bond motifs is 8. The van der Waals surface area contributed by atoms with E-state index in [1.54, 1.807) is 0 Å². The first-order chi connectivity index (χ1) is 24.2. The minimum Gasteiger partial charge on any atom is -0.333 e. The van der Waals surface area contributed by atoms with Crippen LogP contribution in [0.4, 0.5) is 11.4 Å². The highest BCUT2D eigenvalue weighted by Crippen LogP contribution is 2.53. The number of anilines is 2. The van der Waals surface area contributed by atoms with Gasteiger partial charge in [0, 0.05) is 51.1 Å². The van der Waals surface area contributed by atoms with E-state index in [0.29, 0.717) is 5.92 Å². The van der Waals surface area contributed by atoms with Crippen LogP contribution in [-0.4, -0.2) is 10.6 Å². The molecule has 10 rings (SSSR count). The lowest BCUT2D eigenvalue weighted by Gasteiger charge is -2.29. The molecule has 0 fully saturated rings. The lowest BCUT2D eigenvalue weighted by Crippen LogP contribution is -2.28. The van der Waals surface area contributed by atoms with Crippen molar-refractivity contribution in [3.8, 4) is 16.8 Å². The average Bonchev–Trinajstić information content (AvgIpc) is 3.69. The van der Waals surface area contributed by atoms with E-state index in [4.69, 9.17) is 0 Å². The summed E-state index contributed by atoms with van der Waals surface area (Å²) in [6, 6.07) is 38.8. The van der Waals surface area contributed by atoms with Gasteiger partial charge >= 0.3 is 0 Å². The van der Waals surface area contributed by atoms with Gasteiger partial charge in [-0.2, -0.15) is 0 Å². The molecule has 3 unspecified atom stereocenters. The van der Waals surface area contributed by atoms with Crippen molar-refractivity contribution >= 4 is 44.7 Å². The van der Waals surface area contributed by atoms with Crippen LogP contribution in [0.5, 0.6) is 0 Å². The zero-order valence-corrected chi connectivity index (χ0v) is 27.8. The van der Waals surface area contributed by atoms with Crippen molar-refractivity contribution in [1.82, 2.24) is 4.57 Å². The fraction of sp³-hybridized carbons (Fsp3) is 0.149. The summed E-state index contributed by atoms with van der Waals surface area (Å²) in [4.78, 5) is 2.60. The summed E-state index contributed by atoms with van der Waals surface area (Å²) in [6.07, 6.45) is 24.3. The summed E-state index contributed by atoms with van der Waals surface area (Å²) in [5.41, 5.74) is 14.5. The second-order valence-electron chi connectivity index (χ2n) is 14.0. The number of benzene rings is 5. The van der Waals surface area contributed by atoms with E-state index in [0.717, 1.165) is 19.3 Å². The molecule has 0 bridgehead atoms. The first-order valence-corrected chi connectivity index (χ1v) is 17.8. The molecule has 4 aliphatic rings. The van der Waals surface area contributed by atoms with Crippen molar-refractivity contribution in [2.24, 2.45) is 0 Å². The van der Waals surface area contributed by atoms with Gasteiger partial charge in [0.25, 0.3) is 0 Å². The molecular weight excluding hydrogens is 593 g/mol. The maximum Gasteiger partial charge on any atom is 0.0630 e. The second-order valence-corrected chi connectivity index (χ2v) is 14.0. The molecule has 2 heterocycles. The standard InChI is InChI=1S/C47H38N2/c1-31-12-10-20-40-41-28-29-44-45(47(41)49(46(31)40)36-24-22-33(23-25-36)32-13-4-2-5-14-32)42-18-8-9-21-43(42)48(44)37-26-27-39-35(30-37)17-11-19-38(39)34-15-6-3-7-16-34/h2,4-6,8-11,13-31,42-43H,3,7,12H2,1H3. The summed E-state index contributed by atoms with van der Waals surface area (Å²) >= 11 is 0. The Labute approximate surface area is 288 Å². The van der Waals surface area contributed by atoms with Crippen molar-refractivity contribution < 1.29 is 0 Å². The van der Waals surface area contributed by atoms with Crippen molar-refractivity contribution in [3.63, 3.8) is 0 Å². The molecule has 49 heavy (non-hydrogen) atoms. The SMILES string of the molecule is CC1CC=Cc2c1n(-c1ccc(-c3ccccc3)cc1)c1c3c(ccc21)N(c1ccc2c(C4=CCCC=C4)cccc2c1)C1C=CC=CC31. The van der Waals surface area contributed by atoms with Crippen LogP contribution in [0.25, 0.3) is 50.1 Å². The third kappa shape index (κ3) is 4.40. The van der Waals surface area contributed by atoms with Crippen LogP contribution in [0.1, 0.15) is 60.4 Å². The fourth-order valence-corrected chi connectivity index (χ4v) is 8.90. The molecular formula is C47H38N2. The number of hydrogen-bond donors (Lipinski definition) is 0. The van der Waals surface area contributed by atoms with Gasteiger partial charge in [0.15, 0.2) is 0 Å². The fourth-order valence-electron chi connectivity index (χ4n) is 8.90. The predicted octanol–water partition coefficient (Wildman–Crippen LogP) is 12.4. The van der Waals surface area contributed by atoms with Gasteiger partial charge in [0.05, 0.1) is 11.6 Å². The van der Waals surface area contributed by atoms with Gasteiger partial charge in [-0.05, 0) is 82.6 Å². The minimum absolute atomic E-state index is 0.212. The van der Waals surface area contributed by atoms with E-state index in [-0.39, 0.29) is 12.0 Å². The monoisotopic (exact) mass is 630 g/mol. The smallest absolute Gasteiger partial charge is 0.0630 e. The molecule has 0 saturated carbocycles. The third-order valence-corrected chi connectivity index (χ3v) is 11.1. The van der Waals surface area contributed by atoms with E-state index in [2.05, 4.69) is 174 Å². The highest BCUT2D eigenvalue weighted by atomic mass is 15.2. The molecule has 0 radical (unpaired) electrons. The van der Waals surface area contributed by atoms with Crippen molar-refractivity contribution in [2.75, 3.05) is 4.90 Å². The Hall–Kier alpha value is -5.60. The summed E-state index contributed by atoms with van der Waals surface area (Å²) in [7, 11) is 0. The molecule has 2 heteroatoms. The van der Waals surface area contributed by atoms with E-state index in [1.165, 1.54) is 77.8 Å². The van der Waals surface area contributed by atoms with Crippen LogP contribution in [0.3, 0.4) is 0 Å². The molecule has 0 spiro atoms. The maximum absolute atomic E-state index is 2.61. The van der Waals surface area contributed by atoms with E-state index in [9.17, 15) is 0 Å². The van der Waals surface area contributed by atoms with Crippen LogP contribution in [0.15, 0.2) is 152 Å². The number of hydrogen-bond acceptors (Lipinski definition) is 1. The molecule has 1 aliphatic heterocycles. The van der Waals surface area contributed by atoms with Crippen LogP contribution in [-0.2, 0) is 0 Å². The summed E-state index contributed by atoms with van der Waals surface area (Å²) in [5.74, 6) is 0.678. The lowest BCUT2D eigenvalue weighted by atomic mass is 9.89. The Balaban J connectivity index is 1.17. The molecule has 236 valence electrons. The van der Waals surface area contributed by atoms with Crippen LogP contribution in [0.2, 0.25) is 0 Å². The first-order valence-electron chi connectivity index (χ1n) is 17.8. The average molecular weight is 631 g/mol. The Morgan fingerprint density at radius 2 is 1.49 bits per heavy atom. The van der Waals surface area contributed by atoms with Gasteiger partial charge in [0.1, 0.15) is 0 Å². The molecule has 0 N–H and O–H groups in total. The summed E-state index contributed by atoms with van der Waals surface area (Å²) in [6.45, 7) is 2.39. The number of allylic oxidation sites excluding steroid dienone is 7. The third-order valence-electron chi connectivity index (χ3n) is 11.1. The van der Waals surface area contributed by atoms with Gasteiger partial charge in [-0.1, -0.05) is 134 Å². The van der Waals surface area contributed by atoms with Gasteiger partial charge < -0.3 is 9.47 Å². The molecule has 3 atom stereocenters. The molecule has 0 amide bonds. The van der Waals surface area contributed by atoms with E-state index >= 15 is 0 Å². The van der Waals surface area contributed by atoms with Gasteiger partial charge in [-0.25, -0.2) is 0 Å². The molecule has 6 aromatic rings. The summed E-state index contributed by atoms with van der Waals surface area (Å²) in [5, 5.41) is 3.95. The Morgan fingerprint density at radius 3 is 2.35 bits per heavy atom. The van der Waals surface area contributed by atoms with Crippen molar-refractivity contribution in [2.45, 2.75) is 44.1 Å². The summed E-state index contributed by atoms with van der Waals surface area (Å²) < 4.78 is 2.61. The Kier molecular flexibility index (Phi) is 6.52. The molecule has 0 saturated heterocycles. The van der Waals surface area contributed by atoms with Gasteiger partial charge in [0.2, 0.25) is 0 Å². The molecule has 2 nitrogen and oxygen atoms in total. The number of nitrogens with zero attached hydrogens (tertiary/aromatic N) is 2. The minimum atomic E-state index is 0.212. The van der Waals surface area contributed by atoms with Crippen LogP contribution in [0, 0.1) is 0 Å². The zero-order chi connectivity index (χ0) is 32.5. The molecule has 5 aromatic carbocycles.